The third-order valence-corrected chi connectivity index (χ3v) is 3.44. The number of carbonyl (C=O) groups excluding carboxylic acids is 1. The Morgan fingerprint density at radius 2 is 1.95 bits per heavy atom. The summed E-state index contributed by atoms with van der Waals surface area (Å²) in [6.45, 7) is 2.04. The summed E-state index contributed by atoms with van der Waals surface area (Å²) in [5.74, 6) is -0.649. The van der Waals surface area contributed by atoms with Crippen LogP contribution in [0.15, 0.2) is 22.7 Å². The second kappa shape index (κ2) is 9.05. The molecular formula is C14H19BrFNO3. The van der Waals surface area contributed by atoms with Crippen LogP contribution in [0.25, 0.3) is 0 Å². The molecule has 112 valence electrons. The van der Waals surface area contributed by atoms with Gasteiger partial charge in [0, 0.05) is 39.5 Å². The predicted molar refractivity (Wildman–Crippen MR) is 78.4 cm³/mol. The van der Waals surface area contributed by atoms with Crippen molar-refractivity contribution in [2.45, 2.75) is 6.42 Å². The normalized spacial score (nSPS) is 10.6. The Hall–Kier alpha value is -0.980. The van der Waals surface area contributed by atoms with Crippen LogP contribution in [0.3, 0.4) is 0 Å². The highest BCUT2D eigenvalue weighted by Crippen LogP contribution is 2.17. The number of hydrogen-bond acceptors (Lipinski definition) is 3. The van der Waals surface area contributed by atoms with Crippen LogP contribution < -0.4 is 0 Å². The third kappa shape index (κ3) is 5.19. The average molecular weight is 348 g/mol. The van der Waals surface area contributed by atoms with Crippen LogP contribution in [0.1, 0.15) is 16.8 Å². The first-order valence-electron chi connectivity index (χ1n) is 6.32. The van der Waals surface area contributed by atoms with Crippen molar-refractivity contribution in [1.82, 2.24) is 4.90 Å². The second-order valence-electron chi connectivity index (χ2n) is 4.26. The molecule has 0 atom stereocenters. The van der Waals surface area contributed by atoms with Gasteiger partial charge in [-0.25, -0.2) is 4.39 Å². The van der Waals surface area contributed by atoms with E-state index in [4.69, 9.17) is 9.47 Å². The van der Waals surface area contributed by atoms with Gasteiger partial charge in [0.25, 0.3) is 5.91 Å². The lowest BCUT2D eigenvalue weighted by atomic mass is 10.2. The van der Waals surface area contributed by atoms with E-state index in [0.29, 0.717) is 36.3 Å². The molecule has 0 heterocycles. The van der Waals surface area contributed by atoms with Gasteiger partial charge in [-0.2, -0.15) is 0 Å². The molecule has 1 rings (SSSR count). The Labute approximate surface area is 127 Å². The first-order valence-corrected chi connectivity index (χ1v) is 7.11. The lowest BCUT2D eigenvalue weighted by Gasteiger charge is -2.22. The molecule has 0 unspecified atom stereocenters. The van der Waals surface area contributed by atoms with Gasteiger partial charge in [-0.15, -0.1) is 0 Å². The van der Waals surface area contributed by atoms with Crippen molar-refractivity contribution in [1.29, 1.82) is 0 Å². The highest BCUT2D eigenvalue weighted by atomic mass is 79.9. The van der Waals surface area contributed by atoms with Gasteiger partial charge in [0.2, 0.25) is 0 Å². The second-order valence-corrected chi connectivity index (χ2v) is 5.11. The van der Waals surface area contributed by atoms with Crippen LogP contribution >= 0.6 is 15.9 Å². The summed E-state index contributed by atoms with van der Waals surface area (Å²) in [6.07, 6.45) is 0.727. The van der Waals surface area contributed by atoms with E-state index in [1.54, 1.807) is 25.2 Å². The lowest BCUT2D eigenvalue weighted by Crippen LogP contribution is -2.35. The molecule has 0 aliphatic heterocycles. The first kappa shape index (κ1) is 17.1. The van der Waals surface area contributed by atoms with Gasteiger partial charge in [0.1, 0.15) is 5.82 Å². The number of methoxy groups -OCH3 is 2. The van der Waals surface area contributed by atoms with Crippen LogP contribution in [-0.2, 0) is 9.47 Å². The summed E-state index contributed by atoms with van der Waals surface area (Å²) >= 11 is 3.07. The highest BCUT2D eigenvalue weighted by molar-refractivity contribution is 9.10. The standard InChI is InChI=1S/C14H19BrFNO3/c1-19-8-3-6-17(7-9-20-2)14(18)11-4-5-12(15)13(16)10-11/h4-5,10H,3,6-9H2,1-2H3. The van der Waals surface area contributed by atoms with Crippen molar-refractivity contribution >= 4 is 21.8 Å². The topological polar surface area (TPSA) is 38.8 Å². The average Bonchev–Trinajstić information content (AvgIpc) is 2.45. The van der Waals surface area contributed by atoms with E-state index in [1.165, 1.54) is 12.1 Å². The van der Waals surface area contributed by atoms with Crippen LogP contribution in [0.4, 0.5) is 4.39 Å². The Balaban J connectivity index is 2.76. The summed E-state index contributed by atoms with van der Waals surface area (Å²) in [7, 11) is 3.20. The van der Waals surface area contributed by atoms with Crippen molar-refractivity contribution in [2.24, 2.45) is 0 Å². The number of carbonyl (C=O) groups is 1. The minimum absolute atomic E-state index is 0.204. The van der Waals surface area contributed by atoms with Crippen molar-refractivity contribution in [3.8, 4) is 0 Å². The van der Waals surface area contributed by atoms with Gasteiger partial charge in [0.05, 0.1) is 11.1 Å². The highest BCUT2D eigenvalue weighted by Gasteiger charge is 2.16. The van der Waals surface area contributed by atoms with E-state index in [2.05, 4.69) is 15.9 Å². The van der Waals surface area contributed by atoms with E-state index in [1.807, 2.05) is 0 Å². The smallest absolute Gasteiger partial charge is 0.254 e. The monoisotopic (exact) mass is 347 g/mol. The number of amides is 1. The van der Waals surface area contributed by atoms with Crippen LogP contribution in [0, 0.1) is 5.82 Å². The molecule has 0 fully saturated rings. The molecule has 0 bridgehead atoms. The number of rotatable bonds is 8. The van der Waals surface area contributed by atoms with Gasteiger partial charge >= 0.3 is 0 Å². The number of halogens is 2. The zero-order chi connectivity index (χ0) is 15.0. The number of ether oxygens (including phenoxy) is 2. The maximum Gasteiger partial charge on any atom is 0.254 e. The molecule has 0 spiro atoms. The van der Waals surface area contributed by atoms with E-state index < -0.39 is 5.82 Å². The lowest BCUT2D eigenvalue weighted by molar-refractivity contribution is 0.0673. The molecule has 0 aliphatic carbocycles. The van der Waals surface area contributed by atoms with Gasteiger partial charge in [-0.1, -0.05) is 0 Å². The molecule has 1 amide bonds. The molecule has 4 nitrogen and oxygen atoms in total. The Morgan fingerprint density at radius 3 is 2.55 bits per heavy atom. The first-order chi connectivity index (χ1) is 9.60. The van der Waals surface area contributed by atoms with Crippen LogP contribution in [0.2, 0.25) is 0 Å². The summed E-state index contributed by atoms with van der Waals surface area (Å²) < 4.78 is 23.8. The quantitative estimate of drug-likeness (QED) is 0.678. The van der Waals surface area contributed by atoms with Crippen molar-refractivity contribution in [2.75, 3.05) is 40.5 Å². The van der Waals surface area contributed by atoms with Crippen molar-refractivity contribution in [3.05, 3.63) is 34.1 Å². The number of nitrogens with zero attached hydrogens (tertiary/aromatic N) is 1. The predicted octanol–water partition coefficient (Wildman–Crippen LogP) is 2.71. The largest absolute Gasteiger partial charge is 0.385 e. The van der Waals surface area contributed by atoms with E-state index in [-0.39, 0.29) is 5.91 Å². The third-order valence-electron chi connectivity index (χ3n) is 2.80. The fourth-order valence-electron chi connectivity index (χ4n) is 1.73. The minimum Gasteiger partial charge on any atom is -0.385 e. The SMILES string of the molecule is COCCCN(CCOC)C(=O)c1ccc(Br)c(F)c1. The fraction of sp³-hybridized carbons (Fsp3) is 0.500. The zero-order valence-electron chi connectivity index (χ0n) is 11.7. The Kier molecular flexibility index (Phi) is 7.72. The molecular weight excluding hydrogens is 329 g/mol. The molecule has 0 N–H and O–H groups in total. The van der Waals surface area contributed by atoms with E-state index in [0.717, 1.165) is 6.42 Å². The molecule has 6 heteroatoms. The zero-order valence-corrected chi connectivity index (χ0v) is 13.3. The summed E-state index contributed by atoms with van der Waals surface area (Å²) in [4.78, 5) is 14.0. The molecule has 1 aromatic rings. The molecule has 0 aliphatic rings. The van der Waals surface area contributed by atoms with E-state index >= 15 is 0 Å². The van der Waals surface area contributed by atoms with Crippen LogP contribution in [0.5, 0.6) is 0 Å². The van der Waals surface area contributed by atoms with Crippen molar-refractivity contribution < 1.29 is 18.7 Å². The van der Waals surface area contributed by atoms with Gasteiger partial charge in [-0.05, 0) is 40.5 Å². The summed E-state index contributed by atoms with van der Waals surface area (Å²) in [5.41, 5.74) is 0.333. The van der Waals surface area contributed by atoms with Gasteiger partial charge in [0.15, 0.2) is 0 Å². The molecule has 0 radical (unpaired) electrons. The number of hydrogen-bond donors (Lipinski definition) is 0. The van der Waals surface area contributed by atoms with Gasteiger partial charge in [-0.3, -0.25) is 4.79 Å². The Bertz CT molecular complexity index is 442. The fourth-order valence-corrected chi connectivity index (χ4v) is 1.97. The summed E-state index contributed by atoms with van der Waals surface area (Å²) in [5, 5.41) is 0. The molecule has 0 saturated heterocycles. The Morgan fingerprint density at radius 1 is 1.25 bits per heavy atom. The minimum atomic E-state index is -0.445. The van der Waals surface area contributed by atoms with Crippen molar-refractivity contribution in [3.63, 3.8) is 0 Å². The maximum absolute atomic E-state index is 13.5. The van der Waals surface area contributed by atoms with E-state index in [9.17, 15) is 9.18 Å². The number of benzene rings is 1. The molecule has 20 heavy (non-hydrogen) atoms. The molecule has 0 saturated carbocycles. The van der Waals surface area contributed by atoms with Crippen LogP contribution in [-0.4, -0.2) is 51.3 Å². The molecule has 0 aromatic heterocycles. The molecule has 1 aromatic carbocycles. The van der Waals surface area contributed by atoms with Gasteiger partial charge < -0.3 is 14.4 Å². The summed E-state index contributed by atoms with van der Waals surface area (Å²) in [6, 6.07) is 4.38. The maximum atomic E-state index is 13.5.